The standard InChI is InChI=1S/C71H55NO/c1-69(2,3)52-30-35-56-57-36-31-53(70(4,5)6)42-64(57)71(63(56)41-52)61-18-11-9-17-60(61)68-62(71)19-13-20-65(68)72(55-34-37-59-58-16-10-12-21-66(58)73-67(59)43-55)54-32-28-45(29-33-54)47-24-25-50-40-51(27-26-49(50)39-47)48-23-22-44-14-7-8-15-46(44)38-48/h7-43H,1-6H3. The summed E-state index contributed by atoms with van der Waals surface area (Å²) < 4.78 is 6.63. The molecule has 350 valence electrons. The monoisotopic (exact) mass is 937 g/mol. The normalized spacial score (nSPS) is 13.5. The first-order valence-corrected chi connectivity index (χ1v) is 25.8. The van der Waals surface area contributed by atoms with E-state index in [2.05, 4.69) is 265 Å². The van der Waals surface area contributed by atoms with E-state index in [1.54, 1.807) is 0 Å². The van der Waals surface area contributed by atoms with Crippen molar-refractivity contribution in [2.45, 2.75) is 57.8 Å². The van der Waals surface area contributed by atoms with E-state index in [9.17, 15) is 0 Å². The Balaban J connectivity index is 0.945. The number of hydrogen-bond acceptors (Lipinski definition) is 2. The topological polar surface area (TPSA) is 16.4 Å². The van der Waals surface area contributed by atoms with Gasteiger partial charge in [-0.05, 0) is 159 Å². The van der Waals surface area contributed by atoms with Gasteiger partial charge < -0.3 is 9.32 Å². The Bertz CT molecular complexity index is 4170. The minimum Gasteiger partial charge on any atom is -0.456 e. The SMILES string of the molecule is CC(C)(C)c1ccc2c(c1)C1(c3cc(C(C)(C)C)ccc3-2)c2ccccc2-c2c(N(c3ccc(-c4ccc5cc(-c6ccc7ccccc7c6)ccc5c4)cc3)c3ccc4c(c3)oc3ccccc34)cccc21. The third kappa shape index (κ3) is 6.63. The predicted octanol–water partition coefficient (Wildman–Crippen LogP) is 19.6. The summed E-state index contributed by atoms with van der Waals surface area (Å²) in [5, 5.41) is 7.20. The van der Waals surface area contributed by atoms with Crippen molar-refractivity contribution >= 4 is 60.5 Å². The minimum absolute atomic E-state index is 0.0303. The molecule has 73 heavy (non-hydrogen) atoms. The lowest BCUT2D eigenvalue weighted by Gasteiger charge is -2.33. The molecule has 0 fully saturated rings. The molecule has 2 aliphatic carbocycles. The third-order valence-electron chi connectivity index (χ3n) is 16.2. The molecule has 0 N–H and O–H groups in total. The highest BCUT2D eigenvalue weighted by Crippen LogP contribution is 2.65. The van der Waals surface area contributed by atoms with E-state index in [-0.39, 0.29) is 10.8 Å². The van der Waals surface area contributed by atoms with Crippen LogP contribution in [0.1, 0.15) is 74.9 Å². The fourth-order valence-electron chi connectivity index (χ4n) is 12.4. The van der Waals surface area contributed by atoms with Gasteiger partial charge in [0.15, 0.2) is 0 Å². The summed E-state index contributed by atoms with van der Waals surface area (Å²) in [6, 6.07) is 84.2. The van der Waals surface area contributed by atoms with Gasteiger partial charge in [0.25, 0.3) is 0 Å². The molecule has 0 atom stereocenters. The van der Waals surface area contributed by atoms with Crippen LogP contribution in [0.4, 0.5) is 17.1 Å². The molecule has 0 amide bonds. The van der Waals surface area contributed by atoms with E-state index in [4.69, 9.17) is 4.42 Å². The van der Waals surface area contributed by atoms with Crippen molar-refractivity contribution in [3.05, 3.63) is 258 Å². The van der Waals surface area contributed by atoms with Crippen molar-refractivity contribution < 1.29 is 4.42 Å². The van der Waals surface area contributed by atoms with Gasteiger partial charge in [-0.3, -0.25) is 0 Å². The molecular formula is C71H55NO. The van der Waals surface area contributed by atoms with Crippen molar-refractivity contribution in [2.75, 3.05) is 4.90 Å². The summed E-state index contributed by atoms with van der Waals surface area (Å²) in [4.78, 5) is 2.47. The second-order valence-corrected chi connectivity index (χ2v) is 22.5. The summed E-state index contributed by atoms with van der Waals surface area (Å²) in [5.74, 6) is 0. The zero-order valence-electron chi connectivity index (χ0n) is 42.2. The van der Waals surface area contributed by atoms with E-state index < -0.39 is 5.41 Å². The first-order valence-electron chi connectivity index (χ1n) is 25.8. The summed E-state index contributed by atoms with van der Waals surface area (Å²) in [7, 11) is 0. The molecule has 1 spiro atoms. The van der Waals surface area contributed by atoms with Gasteiger partial charge in [-0.1, -0.05) is 205 Å². The van der Waals surface area contributed by atoms with Crippen LogP contribution in [0.15, 0.2) is 229 Å². The smallest absolute Gasteiger partial charge is 0.137 e. The lowest BCUT2D eigenvalue weighted by atomic mass is 9.69. The molecule has 1 aromatic heterocycles. The van der Waals surface area contributed by atoms with Gasteiger partial charge in [0.05, 0.1) is 11.1 Å². The third-order valence-corrected chi connectivity index (χ3v) is 16.2. The number of para-hydroxylation sites is 1. The average Bonchev–Trinajstić information content (AvgIpc) is 4.05. The second-order valence-electron chi connectivity index (χ2n) is 22.5. The number of hydrogen-bond donors (Lipinski definition) is 0. The maximum Gasteiger partial charge on any atom is 0.137 e. The molecule has 14 rings (SSSR count). The lowest BCUT2D eigenvalue weighted by molar-refractivity contribution is 0.586. The summed E-state index contributed by atoms with van der Waals surface area (Å²) in [5.41, 5.74) is 22.4. The van der Waals surface area contributed by atoms with E-state index in [0.717, 1.165) is 39.0 Å². The fraction of sp³-hybridized carbons (Fsp3) is 0.127. The van der Waals surface area contributed by atoms with Crippen molar-refractivity contribution in [2.24, 2.45) is 0 Å². The van der Waals surface area contributed by atoms with E-state index in [1.165, 1.54) is 99.4 Å². The molecule has 11 aromatic carbocycles. The highest BCUT2D eigenvalue weighted by atomic mass is 16.3. The zero-order chi connectivity index (χ0) is 49.4. The maximum absolute atomic E-state index is 6.63. The quantitative estimate of drug-likeness (QED) is 0.171. The summed E-state index contributed by atoms with van der Waals surface area (Å²) in [6.07, 6.45) is 0. The average molecular weight is 938 g/mol. The van der Waals surface area contributed by atoms with Gasteiger partial charge in [-0.15, -0.1) is 0 Å². The summed E-state index contributed by atoms with van der Waals surface area (Å²) in [6.45, 7) is 14.0. The Labute approximate surface area is 427 Å². The van der Waals surface area contributed by atoms with Crippen LogP contribution in [0.2, 0.25) is 0 Å². The second kappa shape index (κ2) is 15.8. The van der Waals surface area contributed by atoms with Crippen LogP contribution in [0.3, 0.4) is 0 Å². The van der Waals surface area contributed by atoms with Crippen molar-refractivity contribution in [1.29, 1.82) is 0 Å². The van der Waals surface area contributed by atoms with Crippen molar-refractivity contribution in [3.63, 3.8) is 0 Å². The molecule has 2 nitrogen and oxygen atoms in total. The lowest BCUT2D eigenvalue weighted by Crippen LogP contribution is -2.27. The van der Waals surface area contributed by atoms with Crippen LogP contribution in [0.25, 0.3) is 88.0 Å². The molecule has 0 saturated carbocycles. The van der Waals surface area contributed by atoms with Crippen LogP contribution in [-0.2, 0) is 16.2 Å². The zero-order valence-corrected chi connectivity index (χ0v) is 42.2. The Hall–Kier alpha value is -8.46. The van der Waals surface area contributed by atoms with Crippen molar-refractivity contribution in [1.82, 2.24) is 0 Å². The van der Waals surface area contributed by atoms with Crippen LogP contribution in [0.5, 0.6) is 0 Å². The van der Waals surface area contributed by atoms with Gasteiger partial charge in [0, 0.05) is 33.8 Å². The Morgan fingerprint density at radius 3 is 1.53 bits per heavy atom. The van der Waals surface area contributed by atoms with Gasteiger partial charge >= 0.3 is 0 Å². The molecule has 12 aromatic rings. The summed E-state index contributed by atoms with van der Waals surface area (Å²) >= 11 is 0. The Kier molecular flexibility index (Phi) is 9.36. The van der Waals surface area contributed by atoms with Gasteiger partial charge in [-0.2, -0.15) is 0 Å². The van der Waals surface area contributed by atoms with Gasteiger partial charge in [0.2, 0.25) is 0 Å². The predicted molar refractivity (Wildman–Crippen MR) is 308 cm³/mol. The Morgan fingerprint density at radius 1 is 0.342 bits per heavy atom. The van der Waals surface area contributed by atoms with E-state index in [0.29, 0.717) is 0 Å². The van der Waals surface area contributed by atoms with Crippen LogP contribution in [-0.4, -0.2) is 0 Å². The molecule has 0 unspecified atom stereocenters. The molecule has 0 saturated heterocycles. The molecule has 0 bridgehead atoms. The molecule has 2 heteroatoms. The van der Waals surface area contributed by atoms with Crippen molar-refractivity contribution in [3.8, 4) is 44.5 Å². The number of fused-ring (bicyclic) bond motifs is 15. The number of nitrogens with zero attached hydrogens (tertiary/aromatic N) is 1. The number of anilines is 3. The number of furan rings is 1. The highest BCUT2D eigenvalue weighted by Gasteiger charge is 2.53. The van der Waals surface area contributed by atoms with E-state index >= 15 is 0 Å². The molecular weight excluding hydrogens is 883 g/mol. The molecule has 1 heterocycles. The Morgan fingerprint density at radius 2 is 0.863 bits per heavy atom. The first-order chi connectivity index (χ1) is 35.4. The molecule has 0 aliphatic heterocycles. The fourth-order valence-corrected chi connectivity index (χ4v) is 12.4. The molecule has 2 aliphatic rings. The molecule has 0 radical (unpaired) electrons. The first kappa shape index (κ1) is 43.3. The van der Waals surface area contributed by atoms with Crippen LogP contribution >= 0.6 is 0 Å². The minimum atomic E-state index is -0.528. The van der Waals surface area contributed by atoms with Crippen LogP contribution in [0, 0.1) is 0 Å². The number of rotatable bonds is 5. The van der Waals surface area contributed by atoms with Gasteiger partial charge in [-0.25, -0.2) is 0 Å². The van der Waals surface area contributed by atoms with E-state index in [1.807, 2.05) is 6.07 Å². The van der Waals surface area contributed by atoms with Crippen LogP contribution < -0.4 is 4.90 Å². The number of benzene rings is 11. The largest absolute Gasteiger partial charge is 0.456 e. The highest BCUT2D eigenvalue weighted by molar-refractivity contribution is 6.07. The van der Waals surface area contributed by atoms with Gasteiger partial charge in [0.1, 0.15) is 11.2 Å². The maximum atomic E-state index is 6.63.